The lowest BCUT2D eigenvalue weighted by Gasteiger charge is -1.91. The number of nitrogens with zero attached hydrogens (tertiary/aromatic N) is 2. The summed E-state index contributed by atoms with van der Waals surface area (Å²) in [6.45, 7) is 0. The first kappa shape index (κ1) is 7.32. The molecule has 0 saturated heterocycles. The van der Waals surface area contributed by atoms with E-state index in [-0.39, 0.29) is 0 Å². The number of pyridine rings is 2. The highest BCUT2D eigenvalue weighted by molar-refractivity contribution is 6.03. The summed E-state index contributed by atoms with van der Waals surface area (Å²) in [5.74, 6) is 0. The fourth-order valence-electron chi connectivity index (χ4n) is 1.55. The van der Waals surface area contributed by atoms with Gasteiger partial charge in [-0.3, -0.25) is 4.98 Å². The van der Waals surface area contributed by atoms with Crippen molar-refractivity contribution in [2.24, 2.45) is 0 Å². The number of aromatic nitrogens is 2. The second-order valence-electron chi connectivity index (χ2n) is 3.06. The van der Waals surface area contributed by atoms with Crippen LogP contribution in [0.2, 0.25) is 0 Å². The van der Waals surface area contributed by atoms with Crippen LogP contribution in [0.25, 0.3) is 21.9 Å². The van der Waals surface area contributed by atoms with Crippen molar-refractivity contribution in [1.82, 2.24) is 4.98 Å². The molecule has 0 atom stereocenters. The predicted octanol–water partition coefficient (Wildman–Crippen LogP) is 1.61. The highest BCUT2D eigenvalue weighted by atomic mass is 16.5. The summed E-state index contributed by atoms with van der Waals surface area (Å²) in [4.78, 5) is 4.01. The third-order valence-corrected chi connectivity index (χ3v) is 2.19. The minimum atomic E-state index is 0.588. The fraction of sp³-hybridized carbons (Fsp3) is 0. The van der Waals surface area contributed by atoms with Gasteiger partial charge in [-0.15, -0.1) is 0 Å². The molecule has 4 heteroatoms. The van der Waals surface area contributed by atoms with Crippen LogP contribution >= 0.6 is 0 Å². The zero-order valence-electron chi connectivity index (χ0n) is 7.18. The van der Waals surface area contributed by atoms with Gasteiger partial charge in [-0.1, -0.05) is 0 Å². The number of hydrogen-bond acceptors (Lipinski definition) is 3. The zero-order valence-corrected chi connectivity index (χ0v) is 7.18. The van der Waals surface area contributed by atoms with E-state index in [1.807, 2.05) is 0 Å². The number of hydrogen-bond donors (Lipinski definition) is 0. The molecule has 3 aromatic rings. The van der Waals surface area contributed by atoms with E-state index < -0.39 is 0 Å². The molecule has 0 aliphatic carbocycles. The van der Waals surface area contributed by atoms with Crippen molar-refractivity contribution in [1.29, 1.82) is 0 Å². The molecule has 0 amide bonds. The van der Waals surface area contributed by atoms with E-state index in [0.29, 0.717) is 5.58 Å². The molecule has 14 heavy (non-hydrogen) atoms. The summed E-state index contributed by atoms with van der Waals surface area (Å²) in [5.41, 5.74) is 1.34. The van der Waals surface area contributed by atoms with Crippen LogP contribution < -0.4 is 4.73 Å². The minimum absolute atomic E-state index is 0.588. The summed E-state index contributed by atoms with van der Waals surface area (Å²) >= 11 is 0. The van der Waals surface area contributed by atoms with Crippen LogP contribution in [0, 0.1) is 5.21 Å². The first-order chi connectivity index (χ1) is 6.84. The van der Waals surface area contributed by atoms with E-state index in [2.05, 4.69) is 4.98 Å². The standard InChI is InChI=1S/C10H6N2O2/c13-12-4-2-7-8-5-11-3-1-9(8)14-10(7)6-12/h1-6H. The lowest BCUT2D eigenvalue weighted by atomic mass is 10.2. The van der Waals surface area contributed by atoms with Crippen molar-refractivity contribution in [3.63, 3.8) is 0 Å². The Bertz CT molecular complexity index is 616. The molecule has 0 bridgehead atoms. The van der Waals surface area contributed by atoms with Gasteiger partial charge in [0, 0.05) is 29.2 Å². The minimum Gasteiger partial charge on any atom is -0.619 e. The van der Waals surface area contributed by atoms with Crippen molar-refractivity contribution in [3.8, 4) is 0 Å². The number of fused-ring (bicyclic) bond motifs is 3. The topological polar surface area (TPSA) is 53.0 Å². The van der Waals surface area contributed by atoms with Crippen LogP contribution in [0.4, 0.5) is 0 Å². The van der Waals surface area contributed by atoms with Gasteiger partial charge < -0.3 is 9.62 Å². The number of rotatable bonds is 0. The van der Waals surface area contributed by atoms with E-state index in [9.17, 15) is 5.21 Å². The predicted molar refractivity (Wildman–Crippen MR) is 50.5 cm³/mol. The van der Waals surface area contributed by atoms with Gasteiger partial charge in [-0.05, 0) is 6.07 Å². The third kappa shape index (κ3) is 0.877. The lowest BCUT2D eigenvalue weighted by molar-refractivity contribution is -0.604. The van der Waals surface area contributed by atoms with Gasteiger partial charge in [0.15, 0.2) is 11.8 Å². The average molecular weight is 186 g/mol. The zero-order chi connectivity index (χ0) is 9.54. The van der Waals surface area contributed by atoms with Crippen LogP contribution in [-0.2, 0) is 0 Å². The first-order valence-corrected chi connectivity index (χ1v) is 4.19. The Morgan fingerprint density at radius 3 is 3.07 bits per heavy atom. The van der Waals surface area contributed by atoms with E-state index >= 15 is 0 Å². The lowest BCUT2D eigenvalue weighted by Crippen LogP contribution is -2.23. The van der Waals surface area contributed by atoms with Crippen molar-refractivity contribution in [3.05, 3.63) is 42.1 Å². The summed E-state index contributed by atoms with van der Waals surface area (Å²) in [6.07, 6.45) is 6.26. The SMILES string of the molecule is [O-][n+]1ccc2c(c1)oc1ccncc12. The molecule has 0 N–H and O–H groups in total. The molecule has 0 spiro atoms. The van der Waals surface area contributed by atoms with Crippen molar-refractivity contribution in [2.75, 3.05) is 0 Å². The highest BCUT2D eigenvalue weighted by Gasteiger charge is 2.08. The second-order valence-corrected chi connectivity index (χ2v) is 3.06. The van der Waals surface area contributed by atoms with E-state index in [1.165, 1.54) is 12.4 Å². The van der Waals surface area contributed by atoms with Crippen molar-refractivity contribution >= 4 is 21.9 Å². The maximum Gasteiger partial charge on any atom is 0.223 e. The number of furan rings is 1. The molecule has 3 heterocycles. The molecule has 0 aliphatic heterocycles. The quantitative estimate of drug-likeness (QED) is 0.396. The van der Waals surface area contributed by atoms with Gasteiger partial charge in [-0.2, -0.15) is 4.73 Å². The summed E-state index contributed by atoms with van der Waals surface area (Å²) in [6, 6.07) is 3.51. The Morgan fingerprint density at radius 2 is 2.14 bits per heavy atom. The van der Waals surface area contributed by atoms with Crippen molar-refractivity contribution < 1.29 is 9.15 Å². The molecular weight excluding hydrogens is 180 g/mol. The van der Waals surface area contributed by atoms with Crippen LogP contribution in [-0.4, -0.2) is 4.98 Å². The highest BCUT2D eigenvalue weighted by Crippen LogP contribution is 2.25. The molecule has 4 nitrogen and oxygen atoms in total. The first-order valence-electron chi connectivity index (χ1n) is 4.19. The smallest absolute Gasteiger partial charge is 0.223 e. The maximum atomic E-state index is 11.0. The molecule has 68 valence electrons. The summed E-state index contributed by atoms with van der Waals surface area (Å²) < 4.78 is 6.19. The van der Waals surface area contributed by atoms with Gasteiger partial charge in [0.05, 0.1) is 0 Å². The Hall–Kier alpha value is -2.10. The van der Waals surface area contributed by atoms with Gasteiger partial charge in [0.25, 0.3) is 0 Å². The fourth-order valence-corrected chi connectivity index (χ4v) is 1.55. The van der Waals surface area contributed by atoms with Gasteiger partial charge in [0.1, 0.15) is 5.58 Å². The molecule has 0 radical (unpaired) electrons. The van der Waals surface area contributed by atoms with Crippen LogP contribution in [0.1, 0.15) is 0 Å². The monoisotopic (exact) mass is 186 g/mol. The summed E-state index contributed by atoms with van der Waals surface area (Å²) in [5, 5.41) is 12.9. The Labute approximate surface area is 79.0 Å². The van der Waals surface area contributed by atoms with Crippen molar-refractivity contribution in [2.45, 2.75) is 0 Å². The molecule has 0 aliphatic rings. The Kier molecular flexibility index (Phi) is 1.28. The Morgan fingerprint density at radius 1 is 1.21 bits per heavy atom. The molecule has 0 unspecified atom stereocenters. The molecule has 3 rings (SSSR count). The molecule has 3 aromatic heterocycles. The van der Waals surface area contributed by atoms with Gasteiger partial charge in [-0.25, -0.2) is 0 Å². The Balaban J connectivity index is 2.57. The van der Waals surface area contributed by atoms with Crippen LogP contribution in [0.3, 0.4) is 0 Å². The van der Waals surface area contributed by atoms with Gasteiger partial charge >= 0.3 is 0 Å². The van der Waals surface area contributed by atoms with E-state index in [1.54, 1.807) is 24.5 Å². The maximum absolute atomic E-state index is 11.0. The molecule has 0 saturated carbocycles. The molecular formula is C10H6N2O2. The van der Waals surface area contributed by atoms with E-state index in [4.69, 9.17) is 4.42 Å². The van der Waals surface area contributed by atoms with Crippen LogP contribution in [0.15, 0.2) is 41.3 Å². The van der Waals surface area contributed by atoms with E-state index in [0.717, 1.165) is 21.1 Å². The third-order valence-electron chi connectivity index (χ3n) is 2.19. The largest absolute Gasteiger partial charge is 0.619 e. The normalized spacial score (nSPS) is 11.1. The molecule has 0 fully saturated rings. The molecule has 0 aromatic carbocycles. The summed E-state index contributed by atoms with van der Waals surface area (Å²) in [7, 11) is 0. The van der Waals surface area contributed by atoms with Gasteiger partial charge in [0.2, 0.25) is 6.20 Å². The second kappa shape index (κ2) is 2.45. The average Bonchev–Trinajstić information content (AvgIpc) is 2.54. The van der Waals surface area contributed by atoms with Crippen LogP contribution in [0.5, 0.6) is 0 Å².